The lowest BCUT2D eigenvalue weighted by molar-refractivity contribution is -0.167. The number of carbonyl (C=O) groups excluding carboxylic acids is 3. The van der Waals surface area contributed by atoms with Crippen molar-refractivity contribution in [2.45, 2.75) is 69.2 Å². The highest BCUT2D eigenvalue weighted by Gasteiger charge is 2.73. The van der Waals surface area contributed by atoms with Crippen molar-refractivity contribution in [3.05, 3.63) is 23.8 Å². The standard InChI is InChI=1S/C24H30Cl2O5/c1-13-9-18-16-6-8-23(30,20(29)12-31-14(2)27)22(16,4)11-19(25)24(18,26)21(3)7-5-15(28)10-17(13)21/h5,7,10,13,16,18-19,30H,6,8-9,11-12H2,1-4H3/t13?,16-,18-,19?,21-,22-,23-,24-/m0/s1. The lowest BCUT2D eigenvalue weighted by atomic mass is 9.45. The van der Waals surface area contributed by atoms with Crippen LogP contribution in [0.15, 0.2) is 23.8 Å². The molecule has 4 aliphatic rings. The van der Waals surface area contributed by atoms with E-state index in [1.807, 2.05) is 13.0 Å². The van der Waals surface area contributed by atoms with Crippen LogP contribution in [-0.4, -0.2) is 45.1 Å². The van der Waals surface area contributed by atoms with Gasteiger partial charge in [-0.2, -0.15) is 0 Å². The van der Waals surface area contributed by atoms with Gasteiger partial charge in [0.1, 0.15) is 5.60 Å². The van der Waals surface area contributed by atoms with E-state index in [2.05, 4.69) is 13.8 Å². The van der Waals surface area contributed by atoms with Crippen molar-refractivity contribution in [3.8, 4) is 0 Å². The van der Waals surface area contributed by atoms with E-state index < -0.39 is 45.0 Å². The highest BCUT2D eigenvalue weighted by atomic mass is 35.5. The molecule has 170 valence electrons. The number of alkyl halides is 2. The Morgan fingerprint density at radius 3 is 2.61 bits per heavy atom. The van der Waals surface area contributed by atoms with Crippen molar-refractivity contribution in [3.63, 3.8) is 0 Å². The second-order valence-corrected chi connectivity index (χ2v) is 11.5. The number of fused-ring (bicyclic) bond motifs is 5. The highest BCUT2D eigenvalue weighted by Crippen LogP contribution is 2.72. The number of halogens is 2. The van der Waals surface area contributed by atoms with Gasteiger partial charge in [0.15, 0.2) is 12.4 Å². The fourth-order valence-corrected chi connectivity index (χ4v) is 8.48. The van der Waals surface area contributed by atoms with Crippen LogP contribution in [0.1, 0.15) is 53.4 Å². The zero-order valence-corrected chi connectivity index (χ0v) is 19.9. The van der Waals surface area contributed by atoms with Crippen LogP contribution in [0.2, 0.25) is 0 Å². The van der Waals surface area contributed by atoms with E-state index in [4.69, 9.17) is 27.9 Å². The number of allylic oxidation sites excluding steroid dienone is 4. The Morgan fingerprint density at radius 1 is 1.29 bits per heavy atom. The maximum Gasteiger partial charge on any atom is 0.303 e. The zero-order chi connectivity index (χ0) is 23.0. The molecular weight excluding hydrogens is 439 g/mol. The predicted molar refractivity (Wildman–Crippen MR) is 118 cm³/mol. The van der Waals surface area contributed by atoms with Gasteiger partial charge in [0, 0.05) is 17.8 Å². The van der Waals surface area contributed by atoms with Gasteiger partial charge in [-0.15, -0.1) is 23.2 Å². The third-order valence-electron chi connectivity index (χ3n) is 8.95. The third kappa shape index (κ3) is 2.88. The molecule has 0 aromatic heterocycles. The lowest BCUT2D eigenvalue weighted by Gasteiger charge is -2.65. The summed E-state index contributed by atoms with van der Waals surface area (Å²) in [7, 11) is 0. The van der Waals surface area contributed by atoms with Crippen LogP contribution in [0.25, 0.3) is 0 Å². The number of carbonyl (C=O) groups is 3. The molecule has 8 atom stereocenters. The van der Waals surface area contributed by atoms with Gasteiger partial charge in [-0.1, -0.05) is 32.4 Å². The minimum absolute atomic E-state index is 0.0156. The summed E-state index contributed by atoms with van der Waals surface area (Å²) in [5.41, 5.74) is -1.96. The summed E-state index contributed by atoms with van der Waals surface area (Å²) >= 11 is 14.5. The number of rotatable bonds is 3. The Morgan fingerprint density at radius 2 is 1.97 bits per heavy atom. The molecular formula is C24H30Cl2O5. The molecule has 0 aromatic carbocycles. The summed E-state index contributed by atoms with van der Waals surface area (Å²) in [5, 5.41) is 11.1. The van der Waals surface area contributed by atoms with Crippen molar-refractivity contribution in [1.82, 2.24) is 0 Å². The Labute approximate surface area is 193 Å². The normalized spacial score (nSPS) is 48.4. The molecule has 0 heterocycles. The average Bonchev–Trinajstić information content (AvgIpc) is 2.96. The lowest BCUT2D eigenvalue weighted by Crippen LogP contribution is -2.68. The summed E-state index contributed by atoms with van der Waals surface area (Å²) in [6.07, 6.45) is 7.23. The summed E-state index contributed by atoms with van der Waals surface area (Å²) in [5.74, 6) is -0.984. The Kier molecular flexibility index (Phi) is 5.32. The maximum absolute atomic E-state index is 13.0. The number of esters is 1. The quantitative estimate of drug-likeness (QED) is 0.500. The van der Waals surface area contributed by atoms with Crippen molar-refractivity contribution in [1.29, 1.82) is 0 Å². The van der Waals surface area contributed by atoms with Gasteiger partial charge < -0.3 is 9.84 Å². The number of ketones is 2. The van der Waals surface area contributed by atoms with E-state index >= 15 is 0 Å². The summed E-state index contributed by atoms with van der Waals surface area (Å²) in [6.45, 7) is 6.90. The molecule has 7 heteroatoms. The van der Waals surface area contributed by atoms with Crippen LogP contribution >= 0.6 is 23.2 Å². The summed E-state index contributed by atoms with van der Waals surface area (Å²) < 4.78 is 4.92. The molecule has 31 heavy (non-hydrogen) atoms. The summed E-state index contributed by atoms with van der Waals surface area (Å²) in [4.78, 5) is 35.5. The van der Waals surface area contributed by atoms with Gasteiger partial charge in [0.05, 0.1) is 10.3 Å². The molecule has 4 aliphatic carbocycles. The van der Waals surface area contributed by atoms with Crippen molar-refractivity contribution in [2.75, 3.05) is 6.61 Å². The van der Waals surface area contributed by atoms with Crippen LogP contribution < -0.4 is 0 Å². The second kappa shape index (κ2) is 7.16. The minimum Gasteiger partial charge on any atom is -0.458 e. The first-order valence-corrected chi connectivity index (χ1v) is 11.8. The van der Waals surface area contributed by atoms with Crippen molar-refractivity contribution < 1.29 is 24.2 Å². The Bertz CT molecular complexity index is 912. The highest BCUT2D eigenvalue weighted by molar-refractivity contribution is 6.34. The molecule has 3 saturated carbocycles. The second-order valence-electron chi connectivity index (χ2n) is 10.3. The van der Waals surface area contributed by atoms with Crippen LogP contribution in [0.5, 0.6) is 0 Å². The SMILES string of the molecule is CC(=O)OCC(=O)[C@@]1(O)CC[C@H]2[C@@H]3CC(C)C4=CC(=O)C=C[C@]4(C)[C@@]3(Cl)C(Cl)C[C@@]21C. The van der Waals surface area contributed by atoms with E-state index in [9.17, 15) is 19.5 Å². The van der Waals surface area contributed by atoms with Gasteiger partial charge in [-0.05, 0) is 55.6 Å². The number of Topliss-reactive ketones (excluding diaryl/α,β-unsaturated/α-hetero) is 1. The molecule has 4 rings (SSSR count). The molecule has 0 radical (unpaired) electrons. The maximum atomic E-state index is 13.0. The zero-order valence-electron chi connectivity index (χ0n) is 18.4. The van der Waals surface area contributed by atoms with E-state index in [1.54, 1.807) is 12.2 Å². The Hall–Kier alpha value is -1.17. The van der Waals surface area contributed by atoms with Crippen LogP contribution in [0.3, 0.4) is 0 Å². The van der Waals surface area contributed by atoms with Gasteiger partial charge in [-0.25, -0.2) is 0 Å². The summed E-state index contributed by atoms with van der Waals surface area (Å²) in [6, 6.07) is 0. The van der Waals surface area contributed by atoms with Crippen LogP contribution in [0.4, 0.5) is 0 Å². The third-order valence-corrected chi connectivity index (χ3v) is 10.5. The largest absolute Gasteiger partial charge is 0.458 e. The topological polar surface area (TPSA) is 80.7 Å². The molecule has 0 aliphatic heterocycles. The van der Waals surface area contributed by atoms with E-state index in [0.29, 0.717) is 19.3 Å². The van der Waals surface area contributed by atoms with Crippen molar-refractivity contribution >= 4 is 40.7 Å². The number of hydrogen-bond acceptors (Lipinski definition) is 5. The van der Waals surface area contributed by atoms with E-state index in [0.717, 1.165) is 12.0 Å². The van der Waals surface area contributed by atoms with Gasteiger partial charge >= 0.3 is 5.97 Å². The monoisotopic (exact) mass is 468 g/mol. The molecule has 0 amide bonds. The predicted octanol–water partition coefficient (Wildman–Crippen LogP) is 3.98. The van der Waals surface area contributed by atoms with Gasteiger partial charge in [-0.3, -0.25) is 14.4 Å². The molecule has 0 spiro atoms. The number of aliphatic hydroxyl groups is 1. The van der Waals surface area contributed by atoms with Gasteiger partial charge in [0.2, 0.25) is 5.78 Å². The molecule has 0 bridgehead atoms. The minimum atomic E-state index is -1.61. The van der Waals surface area contributed by atoms with Crippen molar-refractivity contribution in [2.24, 2.45) is 28.6 Å². The van der Waals surface area contributed by atoms with E-state index in [1.165, 1.54) is 6.92 Å². The molecule has 0 aromatic rings. The molecule has 5 nitrogen and oxygen atoms in total. The van der Waals surface area contributed by atoms with E-state index in [-0.39, 0.29) is 23.5 Å². The number of hydrogen-bond donors (Lipinski definition) is 1. The fourth-order valence-electron chi connectivity index (χ4n) is 7.28. The molecule has 2 unspecified atom stereocenters. The average molecular weight is 469 g/mol. The Balaban J connectivity index is 1.75. The molecule has 3 fully saturated rings. The van der Waals surface area contributed by atoms with Crippen LogP contribution in [-0.2, 0) is 19.1 Å². The smallest absolute Gasteiger partial charge is 0.303 e. The van der Waals surface area contributed by atoms with Crippen LogP contribution in [0, 0.1) is 28.6 Å². The molecule has 0 saturated heterocycles. The molecule has 1 N–H and O–H groups in total. The fraction of sp³-hybridized carbons (Fsp3) is 0.708. The number of ether oxygens (including phenoxy) is 1. The first kappa shape index (κ1) is 23.0. The van der Waals surface area contributed by atoms with Gasteiger partial charge in [0.25, 0.3) is 0 Å². The first-order chi connectivity index (χ1) is 14.3. The first-order valence-electron chi connectivity index (χ1n) is 11.0.